The summed E-state index contributed by atoms with van der Waals surface area (Å²) in [5.41, 5.74) is 8.18. The summed E-state index contributed by atoms with van der Waals surface area (Å²) < 4.78 is 15.1. The third kappa shape index (κ3) is 6.51. The Balaban J connectivity index is 1.55. The van der Waals surface area contributed by atoms with Gasteiger partial charge in [0.1, 0.15) is 5.82 Å². The quantitative estimate of drug-likeness (QED) is 0.178. The second-order valence-corrected chi connectivity index (χ2v) is 10.8. The van der Waals surface area contributed by atoms with Gasteiger partial charge in [-0.3, -0.25) is 9.36 Å². The van der Waals surface area contributed by atoms with E-state index in [2.05, 4.69) is 65.8 Å². The number of amides is 1. The molecule has 6 nitrogen and oxygen atoms in total. The van der Waals surface area contributed by atoms with Crippen LogP contribution in [0.5, 0.6) is 0 Å². The molecule has 37 heavy (non-hydrogen) atoms. The molecule has 0 saturated carbocycles. The minimum Gasteiger partial charge on any atom is -0.272 e. The van der Waals surface area contributed by atoms with Gasteiger partial charge in [-0.15, -0.1) is 10.2 Å². The number of rotatable bonds is 7. The van der Waals surface area contributed by atoms with Gasteiger partial charge < -0.3 is 0 Å². The van der Waals surface area contributed by atoms with E-state index in [-0.39, 0.29) is 22.9 Å². The van der Waals surface area contributed by atoms with Crippen LogP contribution in [0.3, 0.4) is 0 Å². The molecule has 4 aromatic rings. The maximum Gasteiger partial charge on any atom is 0.250 e. The van der Waals surface area contributed by atoms with E-state index in [9.17, 15) is 9.18 Å². The van der Waals surface area contributed by atoms with E-state index in [1.165, 1.54) is 29.5 Å². The van der Waals surface area contributed by atoms with E-state index in [0.29, 0.717) is 16.7 Å². The topological polar surface area (TPSA) is 72.2 Å². The lowest BCUT2D eigenvalue weighted by Crippen LogP contribution is -2.21. The van der Waals surface area contributed by atoms with Crippen molar-refractivity contribution < 1.29 is 9.18 Å². The molecule has 0 aliphatic heterocycles. The summed E-state index contributed by atoms with van der Waals surface area (Å²) in [4.78, 5) is 12.6. The number of hydrogen-bond acceptors (Lipinski definition) is 5. The van der Waals surface area contributed by atoms with Gasteiger partial charge in [-0.05, 0) is 54.7 Å². The average Bonchev–Trinajstić information content (AvgIpc) is 3.30. The average molecular weight is 516 g/mol. The van der Waals surface area contributed by atoms with Crippen LogP contribution < -0.4 is 5.43 Å². The van der Waals surface area contributed by atoms with E-state index in [0.717, 1.165) is 22.4 Å². The predicted molar refractivity (Wildman–Crippen MR) is 148 cm³/mol. The van der Waals surface area contributed by atoms with Crippen LogP contribution in [0.4, 0.5) is 4.39 Å². The predicted octanol–water partition coefficient (Wildman–Crippen LogP) is 6.31. The van der Waals surface area contributed by atoms with E-state index >= 15 is 0 Å². The fourth-order valence-corrected chi connectivity index (χ4v) is 4.40. The highest BCUT2D eigenvalue weighted by Gasteiger charge is 2.19. The van der Waals surface area contributed by atoms with Crippen molar-refractivity contribution in [3.8, 4) is 17.1 Å². The van der Waals surface area contributed by atoms with E-state index in [1.807, 2.05) is 35.8 Å². The zero-order chi connectivity index (χ0) is 26.6. The lowest BCUT2D eigenvalue weighted by Gasteiger charge is -2.19. The monoisotopic (exact) mass is 515 g/mol. The number of thioether (sulfide) groups is 1. The number of nitrogens with one attached hydrogen (secondary N) is 1. The van der Waals surface area contributed by atoms with Crippen molar-refractivity contribution in [3.63, 3.8) is 0 Å². The molecule has 0 aliphatic rings. The normalized spacial score (nSPS) is 12.0. The van der Waals surface area contributed by atoms with Gasteiger partial charge in [0.25, 0.3) is 5.91 Å². The molecule has 0 fully saturated rings. The Hall–Kier alpha value is -3.78. The van der Waals surface area contributed by atoms with Gasteiger partial charge in [0, 0.05) is 11.3 Å². The minimum atomic E-state index is -0.320. The first-order valence-corrected chi connectivity index (χ1v) is 13.0. The highest BCUT2D eigenvalue weighted by atomic mass is 32.2. The first kappa shape index (κ1) is 26.3. The summed E-state index contributed by atoms with van der Waals surface area (Å²) in [5, 5.41) is 13.6. The smallest absolute Gasteiger partial charge is 0.250 e. The number of halogens is 1. The number of nitrogens with zero attached hydrogens (tertiary/aromatic N) is 4. The van der Waals surface area contributed by atoms with Crippen molar-refractivity contribution in [3.05, 3.63) is 95.3 Å². The Morgan fingerprint density at radius 3 is 2.24 bits per heavy atom. The maximum atomic E-state index is 13.2. The summed E-state index contributed by atoms with van der Waals surface area (Å²) in [6.07, 6.45) is 0. The van der Waals surface area contributed by atoms with Gasteiger partial charge in [0.05, 0.1) is 11.5 Å². The summed E-state index contributed by atoms with van der Waals surface area (Å²) in [7, 11) is 0. The van der Waals surface area contributed by atoms with Gasteiger partial charge in [-0.2, -0.15) is 5.10 Å². The number of aryl methyl sites for hydroxylation is 1. The van der Waals surface area contributed by atoms with Crippen molar-refractivity contribution in [1.29, 1.82) is 0 Å². The van der Waals surface area contributed by atoms with E-state index in [1.54, 1.807) is 19.1 Å². The Kier molecular flexibility index (Phi) is 7.88. The van der Waals surface area contributed by atoms with Crippen LogP contribution in [0.25, 0.3) is 17.1 Å². The fourth-order valence-electron chi connectivity index (χ4n) is 3.66. The van der Waals surface area contributed by atoms with E-state index in [4.69, 9.17) is 0 Å². The molecule has 8 heteroatoms. The third-order valence-electron chi connectivity index (χ3n) is 5.88. The number of carbonyl (C=O) groups excluding carboxylic acids is 1. The lowest BCUT2D eigenvalue weighted by atomic mass is 9.87. The van der Waals surface area contributed by atoms with E-state index < -0.39 is 0 Å². The second kappa shape index (κ2) is 11.1. The van der Waals surface area contributed by atoms with Crippen molar-refractivity contribution in [1.82, 2.24) is 20.2 Å². The molecule has 0 atom stereocenters. The molecule has 0 saturated heterocycles. The minimum absolute atomic E-state index is 0.0507. The third-order valence-corrected chi connectivity index (χ3v) is 6.81. The molecule has 4 rings (SSSR count). The number of benzene rings is 3. The number of hydrogen-bond donors (Lipinski definition) is 1. The first-order valence-electron chi connectivity index (χ1n) is 12.0. The van der Waals surface area contributed by atoms with Crippen LogP contribution in [0.15, 0.2) is 83.1 Å². The van der Waals surface area contributed by atoms with Crippen LogP contribution in [0.2, 0.25) is 0 Å². The lowest BCUT2D eigenvalue weighted by molar-refractivity contribution is -0.118. The highest BCUT2D eigenvalue weighted by Crippen LogP contribution is 2.30. The van der Waals surface area contributed by atoms with Gasteiger partial charge in [0.2, 0.25) is 0 Å². The molecule has 190 valence electrons. The summed E-state index contributed by atoms with van der Waals surface area (Å²) >= 11 is 1.28. The molecule has 3 aromatic carbocycles. The number of aromatic nitrogens is 3. The number of carbonyl (C=O) groups is 1. The standard InChI is InChI=1S/C29H30FN5OS/c1-19-6-16-25(17-7-19)35-27(22-8-12-23(13-9-22)29(3,4)5)33-34-28(35)37-18-26(36)32-31-20(2)21-10-14-24(30)15-11-21/h6-17H,18H2,1-5H3,(H,32,36)/b31-20+. The van der Waals surface area contributed by atoms with Crippen LogP contribution in [0.1, 0.15) is 44.4 Å². The molecule has 0 aliphatic carbocycles. The molecule has 0 spiro atoms. The molecule has 1 aromatic heterocycles. The molecular weight excluding hydrogens is 485 g/mol. The maximum absolute atomic E-state index is 13.2. The van der Waals surface area contributed by atoms with Gasteiger partial charge in [-0.1, -0.05) is 86.6 Å². The van der Waals surface area contributed by atoms with Crippen molar-refractivity contribution in [2.24, 2.45) is 5.10 Å². The summed E-state index contributed by atoms with van der Waals surface area (Å²) in [6.45, 7) is 10.3. The van der Waals surface area contributed by atoms with Gasteiger partial charge in [-0.25, -0.2) is 9.82 Å². The Bertz CT molecular complexity index is 1400. The highest BCUT2D eigenvalue weighted by molar-refractivity contribution is 7.99. The summed E-state index contributed by atoms with van der Waals surface area (Å²) in [6, 6.07) is 22.4. The molecule has 0 bridgehead atoms. The SMILES string of the molecule is C/C(=N\NC(=O)CSc1nnc(-c2ccc(C(C)(C)C)cc2)n1-c1ccc(C)cc1)c1ccc(F)cc1. The van der Waals surface area contributed by atoms with Gasteiger partial charge in [0.15, 0.2) is 11.0 Å². The molecule has 0 unspecified atom stereocenters. The molecule has 0 radical (unpaired) electrons. The molecular formula is C29H30FN5OS. The van der Waals surface area contributed by atoms with Crippen LogP contribution in [-0.4, -0.2) is 32.1 Å². The van der Waals surface area contributed by atoms with Crippen LogP contribution in [0, 0.1) is 12.7 Å². The van der Waals surface area contributed by atoms with Crippen LogP contribution >= 0.6 is 11.8 Å². The van der Waals surface area contributed by atoms with Crippen molar-refractivity contribution in [2.75, 3.05) is 5.75 Å². The van der Waals surface area contributed by atoms with Crippen LogP contribution in [-0.2, 0) is 10.2 Å². The Labute approximate surface area is 221 Å². The molecule has 1 amide bonds. The Morgan fingerprint density at radius 1 is 0.973 bits per heavy atom. The molecule has 1 heterocycles. The molecule has 1 N–H and O–H groups in total. The van der Waals surface area contributed by atoms with Crippen molar-refractivity contribution in [2.45, 2.75) is 45.2 Å². The Morgan fingerprint density at radius 2 is 1.62 bits per heavy atom. The fraction of sp³-hybridized carbons (Fsp3) is 0.241. The largest absolute Gasteiger partial charge is 0.272 e. The van der Waals surface area contributed by atoms with Gasteiger partial charge >= 0.3 is 0 Å². The number of hydrazone groups is 1. The first-order chi connectivity index (χ1) is 17.6. The zero-order valence-corrected chi connectivity index (χ0v) is 22.4. The second-order valence-electron chi connectivity index (χ2n) is 9.83. The zero-order valence-electron chi connectivity index (χ0n) is 21.6. The van der Waals surface area contributed by atoms with Crippen molar-refractivity contribution >= 4 is 23.4 Å². The summed E-state index contributed by atoms with van der Waals surface area (Å²) in [5.74, 6) is 0.213.